The molecule has 0 spiro atoms. The van der Waals surface area contributed by atoms with Gasteiger partial charge < -0.3 is 0 Å². The van der Waals surface area contributed by atoms with Crippen LogP contribution in [-0.2, 0) is 12.5 Å². The molecule has 0 saturated heterocycles. The Hall–Kier alpha value is 0.705. The van der Waals surface area contributed by atoms with E-state index in [1.54, 1.807) is 0 Å². The van der Waals surface area contributed by atoms with Crippen LogP contribution in [0.1, 0.15) is 0 Å². The fourth-order valence-corrected chi connectivity index (χ4v) is 0. The highest BCUT2D eigenvalue weighted by Crippen LogP contribution is 1.90. The van der Waals surface area contributed by atoms with Crippen molar-refractivity contribution in [2.75, 3.05) is 0 Å². The smallest absolute Gasteiger partial charge is 0.213 e. The first-order valence-electron chi connectivity index (χ1n) is 1.06. The van der Waals surface area contributed by atoms with E-state index in [9.17, 15) is 8.42 Å². The summed E-state index contributed by atoms with van der Waals surface area (Å²) < 4.78 is 23.4. The van der Waals surface area contributed by atoms with Gasteiger partial charge >= 0.3 is 0 Å². The highest BCUT2D eigenvalue weighted by Gasteiger charge is 1.93. The van der Waals surface area contributed by atoms with E-state index in [0.29, 0.717) is 0 Å². The van der Waals surface area contributed by atoms with Gasteiger partial charge in [-0.25, -0.2) is 10.9 Å². The SMILES string of the molecule is BS(=O)(=O)OI. The van der Waals surface area contributed by atoms with Gasteiger partial charge in [0.25, 0.3) is 7.12 Å². The highest BCUT2D eigenvalue weighted by molar-refractivity contribution is 14.1. The van der Waals surface area contributed by atoms with Crippen LogP contribution < -0.4 is 0 Å². The van der Waals surface area contributed by atoms with Gasteiger partial charge in [0, 0.05) is 0 Å². The van der Waals surface area contributed by atoms with Crippen LogP contribution in [0, 0.1) is 0 Å². The van der Waals surface area contributed by atoms with Crippen molar-refractivity contribution >= 4 is 40.1 Å². The summed E-state index contributed by atoms with van der Waals surface area (Å²) in [7, 11) is -2.19. The minimum absolute atomic E-state index is 0.986. The van der Waals surface area contributed by atoms with Crippen molar-refractivity contribution < 1.29 is 10.9 Å². The Morgan fingerprint density at radius 3 is 1.83 bits per heavy atom. The van der Waals surface area contributed by atoms with Crippen LogP contribution in [0.2, 0.25) is 0 Å². The molecule has 0 heterocycles. The molecule has 0 saturated carbocycles. The van der Waals surface area contributed by atoms with E-state index in [-0.39, 0.29) is 0 Å². The van der Waals surface area contributed by atoms with Crippen LogP contribution in [0.4, 0.5) is 0 Å². The second kappa shape index (κ2) is 2.13. The van der Waals surface area contributed by atoms with Crippen molar-refractivity contribution in [2.24, 2.45) is 0 Å². The van der Waals surface area contributed by atoms with Crippen molar-refractivity contribution in [3.8, 4) is 0 Å². The number of hydrogen-bond donors (Lipinski definition) is 0. The zero-order valence-electron chi connectivity index (χ0n) is 3.01. The zero-order chi connectivity index (χ0) is 5.21. The lowest BCUT2D eigenvalue weighted by Gasteiger charge is -1.81. The summed E-state index contributed by atoms with van der Waals surface area (Å²) in [6.45, 7) is 0. The lowest BCUT2D eigenvalue weighted by Crippen LogP contribution is -1.93. The largest absolute Gasteiger partial charge is 0.292 e. The summed E-state index contributed by atoms with van der Waals surface area (Å²) in [5, 5.41) is 0. The van der Waals surface area contributed by atoms with Crippen molar-refractivity contribution in [3.63, 3.8) is 0 Å². The molecular formula is H2BIO3S. The third-order valence-electron chi connectivity index (χ3n) is 0.114. The van der Waals surface area contributed by atoms with E-state index in [1.807, 2.05) is 0 Å². The Bertz CT molecular complexity index is 113. The van der Waals surface area contributed by atoms with Gasteiger partial charge in [-0.3, -0.25) is 0 Å². The third-order valence-corrected chi connectivity index (χ3v) is 2.30. The monoisotopic (exact) mass is 220 g/mol. The average molecular weight is 220 g/mol. The molecule has 0 aliphatic rings. The van der Waals surface area contributed by atoms with Crippen molar-refractivity contribution in [3.05, 3.63) is 0 Å². The van der Waals surface area contributed by atoms with Gasteiger partial charge in [0.05, 0.1) is 0 Å². The molecule has 0 unspecified atom stereocenters. The quantitative estimate of drug-likeness (QED) is 0.430. The van der Waals surface area contributed by atoms with Gasteiger partial charge in [-0.1, -0.05) is 0 Å². The van der Waals surface area contributed by atoms with Crippen LogP contribution in [0.3, 0.4) is 0 Å². The molecule has 6 heavy (non-hydrogen) atoms. The number of halogens is 1. The standard InChI is InChI=1S/BH2IO3S/c1-6(3,4)5-2/h1H2. The molecule has 0 aromatic carbocycles. The van der Waals surface area contributed by atoms with Gasteiger partial charge in [-0.05, 0) is 0 Å². The molecule has 3 nitrogen and oxygen atoms in total. The Kier molecular flexibility index (Phi) is 2.38. The molecule has 0 atom stereocenters. The van der Waals surface area contributed by atoms with Crippen molar-refractivity contribution in [1.82, 2.24) is 0 Å². The zero-order valence-corrected chi connectivity index (χ0v) is 5.98. The fraction of sp³-hybridized carbons (Fsp3) is 0. The molecule has 6 heteroatoms. The Morgan fingerprint density at radius 1 is 1.67 bits per heavy atom. The van der Waals surface area contributed by atoms with Crippen molar-refractivity contribution in [1.29, 1.82) is 0 Å². The summed E-state index contributed by atoms with van der Waals surface area (Å²) >= 11 is 1.31. The lowest BCUT2D eigenvalue weighted by molar-refractivity contribution is 0.554. The number of rotatable bonds is 1. The maximum Gasteiger partial charge on any atom is 0.292 e. The molecule has 0 bridgehead atoms. The van der Waals surface area contributed by atoms with Gasteiger partial charge in [-0.15, -0.1) is 0 Å². The summed E-state index contributed by atoms with van der Waals surface area (Å²) in [6.07, 6.45) is 0. The van der Waals surface area contributed by atoms with Gasteiger partial charge in [-0.2, -0.15) is 0 Å². The molecule has 0 aliphatic carbocycles. The summed E-state index contributed by atoms with van der Waals surface area (Å²) in [5.74, 6) is 0. The second-order valence-electron chi connectivity index (χ2n) is 0.767. The van der Waals surface area contributed by atoms with E-state index in [2.05, 4.69) is 2.51 Å². The average Bonchev–Trinajstić information content (AvgIpc) is 1.35. The third kappa shape index (κ3) is 4.70. The molecule has 0 rings (SSSR count). The Balaban J connectivity index is 3.85. The van der Waals surface area contributed by atoms with Crippen LogP contribution in [0.15, 0.2) is 0 Å². The van der Waals surface area contributed by atoms with Gasteiger partial charge in [0.15, 0.2) is 0 Å². The predicted octanol–water partition coefficient (Wildman–Crippen LogP) is -0.769. The molecule has 0 N–H and O–H groups in total. The molecular weight excluding hydrogens is 218 g/mol. The van der Waals surface area contributed by atoms with E-state index in [1.165, 1.54) is 23.0 Å². The molecule has 36 valence electrons. The normalized spacial score (nSPS) is 11.5. The molecule has 0 radical (unpaired) electrons. The van der Waals surface area contributed by atoms with Crippen LogP contribution in [0.25, 0.3) is 0 Å². The summed E-state index contributed by atoms with van der Waals surface area (Å²) in [5.41, 5.74) is 0. The van der Waals surface area contributed by atoms with Crippen LogP contribution in [-0.4, -0.2) is 15.5 Å². The van der Waals surface area contributed by atoms with E-state index < -0.39 is 9.97 Å². The minimum Gasteiger partial charge on any atom is -0.213 e. The second-order valence-corrected chi connectivity index (χ2v) is 3.38. The summed E-state index contributed by atoms with van der Waals surface area (Å²) in [6, 6.07) is 0. The minimum atomic E-state index is -3.18. The molecule has 0 amide bonds. The first-order chi connectivity index (χ1) is 2.56. The van der Waals surface area contributed by atoms with Gasteiger partial charge in [0.2, 0.25) is 9.97 Å². The Morgan fingerprint density at radius 2 is 1.83 bits per heavy atom. The number of hydrogen-bond acceptors (Lipinski definition) is 3. The summed E-state index contributed by atoms with van der Waals surface area (Å²) in [4.78, 5) is 0. The molecule has 0 aromatic rings. The van der Waals surface area contributed by atoms with Crippen LogP contribution in [0.5, 0.6) is 0 Å². The first-order valence-corrected chi connectivity index (χ1v) is 3.76. The molecule has 0 fully saturated rings. The molecule has 0 aliphatic heterocycles. The highest BCUT2D eigenvalue weighted by atomic mass is 127. The van der Waals surface area contributed by atoms with Crippen LogP contribution >= 0.6 is 23.0 Å². The maximum absolute atomic E-state index is 9.77. The topological polar surface area (TPSA) is 43.4 Å². The van der Waals surface area contributed by atoms with E-state index in [0.717, 1.165) is 7.12 Å². The first kappa shape index (κ1) is 6.70. The molecule has 0 aromatic heterocycles. The van der Waals surface area contributed by atoms with Gasteiger partial charge in [0.1, 0.15) is 23.0 Å². The predicted molar refractivity (Wildman–Crippen MR) is 32.6 cm³/mol. The van der Waals surface area contributed by atoms with Crippen molar-refractivity contribution in [2.45, 2.75) is 0 Å². The maximum atomic E-state index is 9.77. The van der Waals surface area contributed by atoms with E-state index in [4.69, 9.17) is 0 Å². The Labute approximate surface area is 51.2 Å². The van der Waals surface area contributed by atoms with E-state index >= 15 is 0 Å². The fourth-order valence-electron chi connectivity index (χ4n) is 0. The lowest BCUT2D eigenvalue weighted by atomic mass is 10.8.